The van der Waals surface area contributed by atoms with Gasteiger partial charge < -0.3 is 19.9 Å². The lowest BCUT2D eigenvalue weighted by molar-refractivity contribution is 0.0216. The minimum Gasteiger partial charge on any atom is -0.495 e. The number of amides is 1. The first-order chi connectivity index (χ1) is 14.6. The fourth-order valence-corrected chi connectivity index (χ4v) is 5.02. The fourth-order valence-electron chi connectivity index (χ4n) is 3.11. The molecule has 31 heavy (non-hydrogen) atoms. The Bertz CT molecular complexity index is 1070. The summed E-state index contributed by atoms with van der Waals surface area (Å²) in [5.41, 5.74) is 0.290. The number of aliphatic hydroxyl groups excluding tert-OH is 1. The van der Waals surface area contributed by atoms with Gasteiger partial charge in [-0.05, 0) is 43.3 Å². The normalized spacial score (nSPS) is 20.2. The van der Waals surface area contributed by atoms with Gasteiger partial charge in [0.05, 0.1) is 30.9 Å². The van der Waals surface area contributed by atoms with Gasteiger partial charge in [-0.15, -0.1) is 0 Å². The fraction of sp³-hybridized carbons (Fsp3) is 0.350. The van der Waals surface area contributed by atoms with Crippen LogP contribution in [0.1, 0.15) is 17.3 Å². The molecule has 0 radical (unpaired) electrons. The van der Waals surface area contributed by atoms with E-state index in [1.165, 1.54) is 37.4 Å². The Morgan fingerprint density at radius 3 is 2.71 bits per heavy atom. The number of nitrogens with one attached hydrogen (secondary N) is 1. The van der Waals surface area contributed by atoms with Crippen LogP contribution < -0.4 is 10.1 Å². The van der Waals surface area contributed by atoms with Crippen LogP contribution in [0.25, 0.3) is 0 Å². The molecule has 2 aromatic rings. The Hall–Kier alpha value is -2.24. The third-order valence-corrected chi connectivity index (χ3v) is 6.81. The maximum absolute atomic E-state index is 13.3. The van der Waals surface area contributed by atoms with Gasteiger partial charge in [-0.25, -0.2) is 12.8 Å². The summed E-state index contributed by atoms with van der Waals surface area (Å²) in [6.45, 7) is 1.61. The number of sulfonamides is 1. The van der Waals surface area contributed by atoms with Crippen LogP contribution in [0.5, 0.6) is 5.75 Å². The molecule has 1 amide bonds. The van der Waals surface area contributed by atoms with Gasteiger partial charge in [0, 0.05) is 24.3 Å². The van der Waals surface area contributed by atoms with Crippen molar-refractivity contribution in [1.29, 1.82) is 0 Å². The summed E-state index contributed by atoms with van der Waals surface area (Å²) < 4.78 is 51.7. The van der Waals surface area contributed by atoms with Crippen LogP contribution in [-0.2, 0) is 14.8 Å². The predicted octanol–water partition coefficient (Wildman–Crippen LogP) is 2.51. The van der Waals surface area contributed by atoms with Gasteiger partial charge in [-0.3, -0.25) is 4.79 Å². The highest BCUT2D eigenvalue weighted by molar-refractivity contribution is 7.89. The number of benzene rings is 2. The topological polar surface area (TPSA) is 105 Å². The number of hydrogen-bond donors (Lipinski definition) is 2. The number of methoxy groups -OCH3 is 1. The van der Waals surface area contributed by atoms with Crippen LogP contribution in [0.2, 0.25) is 5.02 Å². The monoisotopic (exact) mass is 472 g/mol. The van der Waals surface area contributed by atoms with Gasteiger partial charge in [-0.2, -0.15) is 4.31 Å². The summed E-state index contributed by atoms with van der Waals surface area (Å²) in [6, 6.07) is 7.65. The van der Waals surface area contributed by atoms with Crippen LogP contribution in [0.15, 0.2) is 41.3 Å². The zero-order chi connectivity index (χ0) is 22.8. The molecule has 0 aromatic heterocycles. The van der Waals surface area contributed by atoms with E-state index < -0.39 is 34.0 Å². The molecule has 2 unspecified atom stereocenters. The van der Waals surface area contributed by atoms with E-state index in [1.807, 2.05) is 0 Å². The quantitative estimate of drug-likeness (QED) is 0.692. The molecule has 1 fully saturated rings. The largest absolute Gasteiger partial charge is 0.495 e. The number of anilines is 1. The van der Waals surface area contributed by atoms with E-state index >= 15 is 0 Å². The second-order valence-electron chi connectivity index (χ2n) is 7.07. The van der Waals surface area contributed by atoms with Gasteiger partial charge in [0.1, 0.15) is 16.5 Å². The van der Waals surface area contributed by atoms with Crippen molar-refractivity contribution in [3.8, 4) is 5.75 Å². The lowest BCUT2D eigenvalue weighted by Gasteiger charge is -2.23. The molecule has 0 aliphatic carbocycles. The van der Waals surface area contributed by atoms with Crippen molar-refractivity contribution in [3.05, 3.63) is 52.8 Å². The zero-order valence-electron chi connectivity index (χ0n) is 16.8. The molecule has 2 aromatic carbocycles. The van der Waals surface area contributed by atoms with Crippen LogP contribution in [0.3, 0.4) is 0 Å². The van der Waals surface area contributed by atoms with Crippen LogP contribution in [0, 0.1) is 5.82 Å². The van der Waals surface area contributed by atoms with Gasteiger partial charge >= 0.3 is 0 Å². The van der Waals surface area contributed by atoms with Crippen molar-refractivity contribution >= 4 is 33.2 Å². The first-order valence-corrected chi connectivity index (χ1v) is 11.2. The highest BCUT2D eigenvalue weighted by Gasteiger charge is 2.33. The average Bonchev–Trinajstić information content (AvgIpc) is 2.91. The molecule has 1 aliphatic heterocycles. The summed E-state index contributed by atoms with van der Waals surface area (Å²) in [7, 11) is -2.80. The molecule has 11 heteroatoms. The van der Waals surface area contributed by atoms with Gasteiger partial charge in [0.15, 0.2) is 0 Å². The molecular weight excluding hydrogens is 451 g/mol. The van der Waals surface area contributed by atoms with Gasteiger partial charge in [0.25, 0.3) is 5.91 Å². The summed E-state index contributed by atoms with van der Waals surface area (Å²) in [6.07, 6.45) is -1.41. The van der Waals surface area contributed by atoms with E-state index in [0.29, 0.717) is 0 Å². The SMILES string of the molecule is COc1ccc(C(=O)Nc2ccc(F)c(Cl)c2)cc1S(=O)(=O)N1CC(O)COC(C)C1. The van der Waals surface area contributed by atoms with E-state index in [9.17, 15) is 22.7 Å². The Kier molecular flexibility index (Phi) is 7.17. The van der Waals surface area contributed by atoms with E-state index in [1.54, 1.807) is 6.92 Å². The van der Waals surface area contributed by atoms with E-state index in [0.717, 1.165) is 10.4 Å². The van der Waals surface area contributed by atoms with Crippen LogP contribution >= 0.6 is 11.6 Å². The van der Waals surface area contributed by atoms with E-state index in [4.69, 9.17) is 21.1 Å². The summed E-state index contributed by atoms with van der Waals surface area (Å²) >= 11 is 5.73. The third kappa shape index (κ3) is 5.34. The highest BCUT2D eigenvalue weighted by Crippen LogP contribution is 2.29. The molecular formula is C20H22ClFN2O6S. The second-order valence-corrected chi connectivity index (χ2v) is 9.38. The second kappa shape index (κ2) is 9.49. The molecule has 1 saturated heterocycles. The summed E-state index contributed by atoms with van der Waals surface area (Å²) in [4.78, 5) is 12.4. The van der Waals surface area contributed by atoms with E-state index in [2.05, 4.69) is 5.32 Å². The zero-order valence-corrected chi connectivity index (χ0v) is 18.4. The first-order valence-electron chi connectivity index (χ1n) is 9.36. The Morgan fingerprint density at radius 2 is 2.03 bits per heavy atom. The van der Waals surface area contributed by atoms with Crippen molar-refractivity contribution in [2.75, 3.05) is 32.1 Å². The Morgan fingerprint density at radius 1 is 1.29 bits per heavy atom. The highest BCUT2D eigenvalue weighted by atomic mass is 35.5. The van der Waals surface area contributed by atoms with Crippen molar-refractivity contribution in [2.24, 2.45) is 0 Å². The van der Waals surface area contributed by atoms with Crippen molar-refractivity contribution in [2.45, 2.75) is 24.0 Å². The molecule has 0 spiro atoms. The summed E-state index contributed by atoms with van der Waals surface area (Å²) in [5.74, 6) is -1.20. The molecule has 8 nitrogen and oxygen atoms in total. The Labute approximate surface area is 184 Å². The molecule has 1 heterocycles. The molecule has 168 valence electrons. The standard InChI is InChI=1S/C20H22ClFN2O6S/c1-12-9-24(10-15(25)11-30-12)31(27,28)19-7-13(3-6-18(19)29-2)20(26)23-14-4-5-17(22)16(21)8-14/h3-8,12,15,25H,9-11H2,1-2H3,(H,23,26). The number of rotatable bonds is 5. The van der Waals surface area contributed by atoms with Crippen LogP contribution in [0.4, 0.5) is 10.1 Å². The third-order valence-electron chi connectivity index (χ3n) is 4.67. The number of aliphatic hydroxyl groups is 1. The number of halogens is 2. The number of carbonyl (C=O) groups is 1. The van der Waals surface area contributed by atoms with E-state index in [-0.39, 0.29) is 46.6 Å². The first kappa shape index (κ1) is 23.4. The lowest BCUT2D eigenvalue weighted by atomic mass is 10.2. The van der Waals surface area contributed by atoms with Crippen molar-refractivity contribution in [3.63, 3.8) is 0 Å². The maximum Gasteiger partial charge on any atom is 0.255 e. The molecule has 0 bridgehead atoms. The molecule has 0 saturated carbocycles. The smallest absolute Gasteiger partial charge is 0.255 e. The van der Waals surface area contributed by atoms with Gasteiger partial charge in [0.2, 0.25) is 10.0 Å². The van der Waals surface area contributed by atoms with Crippen LogP contribution in [-0.4, -0.2) is 62.8 Å². The average molecular weight is 473 g/mol. The van der Waals surface area contributed by atoms with Gasteiger partial charge in [-0.1, -0.05) is 11.6 Å². The van der Waals surface area contributed by atoms with Crippen molar-refractivity contribution in [1.82, 2.24) is 4.31 Å². The Balaban J connectivity index is 1.94. The maximum atomic E-state index is 13.3. The number of ether oxygens (including phenoxy) is 2. The summed E-state index contributed by atoms with van der Waals surface area (Å²) in [5, 5.41) is 12.4. The molecule has 1 aliphatic rings. The number of β-amino-alcohol motifs (C(OH)–C–C–N with tert-alkyl or cyclic N) is 1. The minimum absolute atomic E-state index is 0.0208. The number of hydrogen-bond acceptors (Lipinski definition) is 6. The lowest BCUT2D eigenvalue weighted by Crippen LogP contribution is -2.39. The number of nitrogens with zero attached hydrogens (tertiary/aromatic N) is 1. The predicted molar refractivity (Wildman–Crippen MR) is 113 cm³/mol. The molecule has 2 N–H and O–H groups in total. The minimum atomic E-state index is -4.12. The van der Waals surface area contributed by atoms with Crippen molar-refractivity contribution < 1.29 is 32.2 Å². The molecule has 2 atom stereocenters. The molecule has 3 rings (SSSR count). The number of carbonyl (C=O) groups excluding carboxylic acids is 1.